The van der Waals surface area contributed by atoms with E-state index in [1.54, 1.807) is 0 Å². The van der Waals surface area contributed by atoms with Gasteiger partial charge in [0.1, 0.15) is 23.0 Å². The first-order chi connectivity index (χ1) is 21.1. The molecular formula is C36H34O8. The quantitative estimate of drug-likeness (QED) is 0.168. The second kappa shape index (κ2) is 9.97. The minimum absolute atomic E-state index is 0.0261. The third-order valence-electron chi connectivity index (χ3n) is 9.98. The highest BCUT2D eigenvalue weighted by molar-refractivity contribution is 6.39. The Kier molecular flexibility index (Phi) is 6.39. The molecule has 8 heteroatoms. The number of phenols is 2. The first-order valence-corrected chi connectivity index (χ1v) is 15.1. The molecule has 2 N–H and O–H groups in total. The lowest BCUT2D eigenvalue weighted by atomic mass is 9.78. The number of carbonyl (C=O) groups excluding carboxylic acids is 1. The molecule has 8 nitrogen and oxygen atoms in total. The second-order valence-corrected chi connectivity index (χ2v) is 12.3. The van der Waals surface area contributed by atoms with Gasteiger partial charge in [0.15, 0.2) is 22.4 Å². The summed E-state index contributed by atoms with van der Waals surface area (Å²) in [5, 5.41) is 26.9. The molecule has 1 saturated carbocycles. The van der Waals surface area contributed by atoms with E-state index in [2.05, 4.69) is 0 Å². The molecule has 0 spiro atoms. The number of ketones is 1. The van der Waals surface area contributed by atoms with Gasteiger partial charge >= 0.3 is 0 Å². The number of rotatable bonds is 6. The monoisotopic (exact) mass is 594 g/mol. The van der Waals surface area contributed by atoms with Crippen LogP contribution in [-0.4, -0.2) is 37.3 Å². The number of fused-ring (bicyclic) bond motifs is 1. The van der Waals surface area contributed by atoms with Crippen LogP contribution in [0.25, 0.3) is 49.2 Å². The summed E-state index contributed by atoms with van der Waals surface area (Å²) in [6.45, 7) is 3.34. The van der Waals surface area contributed by atoms with Crippen LogP contribution in [0, 0.1) is 5.92 Å². The summed E-state index contributed by atoms with van der Waals surface area (Å²) in [6.07, 6.45) is 7.92. The zero-order valence-corrected chi connectivity index (χ0v) is 25.5. The highest BCUT2D eigenvalue weighted by Gasteiger charge is 2.37. The number of methoxy groups -OCH3 is 3. The van der Waals surface area contributed by atoms with Crippen LogP contribution >= 0.6 is 0 Å². The average molecular weight is 595 g/mol. The van der Waals surface area contributed by atoms with Crippen molar-refractivity contribution in [2.45, 2.75) is 58.3 Å². The first kappa shape index (κ1) is 28.2. The van der Waals surface area contributed by atoms with Crippen LogP contribution in [0.2, 0.25) is 0 Å². The summed E-state index contributed by atoms with van der Waals surface area (Å²) in [7, 11) is 4.30. The van der Waals surface area contributed by atoms with Gasteiger partial charge in [-0.1, -0.05) is 43.8 Å². The lowest BCUT2D eigenvalue weighted by molar-refractivity contribution is -0.117. The fourth-order valence-electron chi connectivity index (χ4n) is 8.22. The number of allylic oxidation sites excluding steroid dienone is 1. The number of hydrogen-bond acceptors (Lipinski definition) is 8. The number of phenolic OH excluding ortho intramolecular Hbond substituents is 2. The van der Waals surface area contributed by atoms with Crippen molar-refractivity contribution >= 4 is 54.9 Å². The van der Waals surface area contributed by atoms with Gasteiger partial charge in [-0.3, -0.25) is 14.4 Å². The van der Waals surface area contributed by atoms with Crippen LogP contribution in [0.4, 0.5) is 0 Å². The van der Waals surface area contributed by atoms with Crippen molar-refractivity contribution in [1.82, 2.24) is 0 Å². The molecule has 5 aromatic rings. The molecule has 1 fully saturated rings. The zero-order chi connectivity index (χ0) is 31.2. The normalized spacial score (nSPS) is 17.1. The fraction of sp³-hybridized carbons (Fsp3) is 0.361. The van der Waals surface area contributed by atoms with E-state index in [0.717, 1.165) is 25.7 Å². The molecule has 0 aliphatic heterocycles. The third-order valence-corrected chi connectivity index (χ3v) is 9.98. The van der Waals surface area contributed by atoms with Crippen LogP contribution in [0.5, 0.6) is 28.7 Å². The van der Waals surface area contributed by atoms with E-state index in [9.17, 15) is 24.6 Å². The molecule has 44 heavy (non-hydrogen) atoms. The fourth-order valence-corrected chi connectivity index (χ4v) is 8.22. The van der Waals surface area contributed by atoms with Gasteiger partial charge < -0.3 is 24.4 Å². The Balaban J connectivity index is 1.89. The number of hydrogen-bond donors (Lipinski definition) is 2. The average Bonchev–Trinajstić information content (AvgIpc) is 3.13. The highest BCUT2D eigenvalue weighted by atomic mass is 16.5. The van der Waals surface area contributed by atoms with Gasteiger partial charge in [0.05, 0.1) is 38.0 Å². The van der Waals surface area contributed by atoms with E-state index >= 15 is 0 Å². The maximum atomic E-state index is 13.9. The number of ether oxygens (including phenoxy) is 3. The topological polar surface area (TPSA) is 119 Å². The van der Waals surface area contributed by atoms with Gasteiger partial charge in [-0.15, -0.1) is 0 Å². The second-order valence-electron chi connectivity index (χ2n) is 12.3. The van der Waals surface area contributed by atoms with Crippen molar-refractivity contribution in [2.75, 3.05) is 21.3 Å². The van der Waals surface area contributed by atoms with Crippen molar-refractivity contribution in [3.63, 3.8) is 0 Å². The summed E-state index contributed by atoms with van der Waals surface area (Å²) < 4.78 is 17.4. The van der Waals surface area contributed by atoms with Crippen LogP contribution in [0.3, 0.4) is 0 Å². The standard InChI is InChI=1S/C36H34O8/c1-15-11-18-19(12-17-9-7-6-8-10-17)34(40)26-20(38)13-22(42-3)28-29-23(43-4)14-21(39)27-32(29)31(25(18)30(26)28)33(24(15)16(2)37)36(44-5)35(27)41/h11,13-14,17,24,40-41H,6-10,12H2,1-5H3. The van der Waals surface area contributed by atoms with E-state index in [4.69, 9.17) is 14.2 Å². The summed E-state index contributed by atoms with van der Waals surface area (Å²) in [6, 6.07) is 2.65. The maximum absolute atomic E-state index is 13.9. The summed E-state index contributed by atoms with van der Waals surface area (Å²) in [5.74, 6) is -0.616. The molecule has 1 atom stereocenters. The smallest absolute Gasteiger partial charge is 0.194 e. The molecule has 2 aliphatic rings. The number of benzene rings is 5. The van der Waals surface area contributed by atoms with Gasteiger partial charge in [-0.05, 0) is 42.5 Å². The third kappa shape index (κ3) is 3.60. The highest BCUT2D eigenvalue weighted by Crippen LogP contribution is 2.57. The van der Waals surface area contributed by atoms with Crippen LogP contribution in [-0.2, 0) is 11.2 Å². The Bertz CT molecular complexity index is 2190. The van der Waals surface area contributed by atoms with Crippen molar-refractivity contribution in [1.29, 1.82) is 0 Å². The Morgan fingerprint density at radius 3 is 1.89 bits per heavy atom. The van der Waals surface area contributed by atoms with E-state index < -0.39 is 16.8 Å². The summed E-state index contributed by atoms with van der Waals surface area (Å²) in [5.41, 5.74) is 1.59. The molecule has 0 saturated heterocycles. The first-order valence-electron chi connectivity index (χ1n) is 15.1. The van der Waals surface area contributed by atoms with Crippen LogP contribution in [0.1, 0.15) is 68.6 Å². The lowest BCUT2D eigenvalue weighted by Crippen LogP contribution is -2.14. The molecule has 0 radical (unpaired) electrons. The van der Waals surface area contributed by atoms with Crippen molar-refractivity contribution < 1.29 is 29.2 Å². The van der Waals surface area contributed by atoms with E-state index in [1.807, 2.05) is 13.0 Å². The molecule has 226 valence electrons. The van der Waals surface area contributed by atoms with E-state index in [-0.39, 0.29) is 45.3 Å². The molecule has 7 rings (SSSR count). The molecule has 0 aromatic heterocycles. The summed E-state index contributed by atoms with van der Waals surface area (Å²) >= 11 is 0. The van der Waals surface area contributed by atoms with Gasteiger partial charge in [0, 0.05) is 44.8 Å². The van der Waals surface area contributed by atoms with Crippen LogP contribution in [0.15, 0.2) is 27.3 Å². The lowest BCUT2D eigenvalue weighted by Gasteiger charge is -2.26. The summed E-state index contributed by atoms with van der Waals surface area (Å²) in [4.78, 5) is 41.1. The predicted octanol–water partition coefficient (Wildman–Crippen LogP) is 6.54. The molecule has 0 bridgehead atoms. The molecule has 0 heterocycles. The minimum atomic E-state index is -0.824. The minimum Gasteiger partial charge on any atom is -0.507 e. The predicted molar refractivity (Wildman–Crippen MR) is 172 cm³/mol. The number of aromatic hydroxyl groups is 2. The Hall–Kier alpha value is -4.59. The molecule has 1 unspecified atom stereocenters. The van der Waals surface area contributed by atoms with Gasteiger partial charge in [-0.25, -0.2) is 0 Å². The molecule has 2 aliphatic carbocycles. The maximum Gasteiger partial charge on any atom is 0.194 e. The van der Waals surface area contributed by atoms with Crippen LogP contribution < -0.4 is 25.1 Å². The largest absolute Gasteiger partial charge is 0.507 e. The Morgan fingerprint density at radius 2 is 1.34 bits per heavy atom. The van der Waals surface area contributed by atoms with E-state index in [0.29, 0.717) is 66.9 Å². The van der Waals surface area contributed by atoms with Gasteiger partial charge in [0.2, 0.25) is 0 Å². The molecular weight excluding hydrogens is 560 g/mol. The van der Waals surface area contributed by atoms with Crippen molar-refractivity contribution in [3.05, 3.63) is 54.8 Å². The number of Topliss-reactive ketones (excluding diaryl/α,β-unsaturated/α-hetero) is 1. The Morgan fingerprint density at radius 1 is 0.773 bits per heavy atom. The molecule has 5 aromatic carbocycles. The molecule has 0 amide bonds. The van der Waals surface area contributed by atoms with E-state index in [1.165, 1.54) is 46.8 Å². The van der Waals surface area contributed by atoms with Crippen molar-refractivity contribution in [3.8, 4) is 28.7 Å². The van der Waals surface area contributed by atoms with Gasteiger partial charge in [-0.2, -0.15) is 0 Å². The van der Waals surface area contributed by atoms with Gasteiger partial charge in [0.25, 0.3) is 0 Å². The SMILES string of the molecule is COc1c(O)c2c(=O)cc(OC)c3c4c(OC)cc(=O)c5c(O)c(CC6CCCCC6)c6c(c(c1C(C(C)=O)C(C)=C6)c23)c54. The Labute approximate surface area is 253 Å². The zero-order valence-electron chi connectivity index (χ0n) is 25.5. The van der Waals surface area contributed by atoms with Crippen molar-refractivity contribution in [2.24, 2.45) is 5.92 Å². The number of carbonyl (C=O) groups is 1.